The predicted octanol–water partition coefficient (Wildman–Crippen LogP) is 3.87. The van der Waals surface area contributed by atoms with Gasteiger partial charge in [0.05, 0.1) is 18.8 Å². The second kappa shape index (κ2) is 7.21. The van der Waals surface area contributed by atoms with Crippen LogP contribution in [0.25, 0.3) is 0 Å². The van der Waals surface area contributed by atoms with Gasteiger partial charge in [-0.15, -0.1) is 0 Å². The molecule has 0 bridgehead atoms. The number of ether oxygens (including phenoxy) is 1. The molecular formula is C18H23N3O2S. The molecule has 0 unspecified atom stereocenters. The van der Waals surface area contributed by atoms with Crippen LogP contribution in [0.4, 0.5) is 5.13 Å². The van der Waals surface area contributed by atoms with E-state index in [1.54, 1.807) is 7.11 Å². The minimum Gasteiger partial charge on any atom is -0.496 e. The second-order valence-corrected chi connectivity index (χ2v) is 6.86. The Morgan fingerprint density at radius 2 is 2.25 bits per heavy atom. The Morgan fingerprint density at radius 1 is 1.46 bits per heavy atom. The van der Waals surface area contributed by atoms with Gasteiger partial charge in [0.2, 0.25) is 0 Å². The first-order valence-electron chi connectivity index (χ1n) is 8.30. The third-order valence-corrected chi connectivity index (χ3v) is 5.43. The highest BCUT2D eigenvalue weighted by Crippen LogP contribution is 2.38. The number of carbonyl (C=O) groups excluding carboxylic acids is 1. The van der Waals surface area contributed by atoms with Crippen LogP contribution in [-0.4, -0.2) is 36.0 Å². The number of likely N-dealkylation sites (tertiary alicyclic amines) is 1. The Labute approximate surface area is 146 Å². The van der Waals surface area contributed by atoms with Crippen LogP contribution in [0.5, 0.6) is 5.75 Å². The highest BCUT2D eigenvalue weighted by atomic mass is 32.1. The molecule has 0 saturated carbocycles. The van der Waals surface area contributed by atoms with Gasteiger partial charge in [0.1, 0.15) is 10.6 Å². The van der Waals surface area contributed by atoms with Crippen LogP contribution < -0.4 is 10.1 Å². The second-order valence-electron chi connectivity index (χ2n) is 5.86. The number of hydrogen-bond donors (Lipinski definition) is 1. The van der Waals surface area contributed by atoms with Crippen molar-refractivity contribution in [2.75, 3.05) is 25.5 Å². The van der Waals surface area contributed by atoms with Crippen molar-refractivity contribution >= 4 is 22.4 Å². The van der Waals surface area contributed by atoms with Crippen LogP contribution >= 0.6 is 11.3 Å². The smallest absolute Gasteiger partial charge is 0.266 e. The van der Waals surface area contributed by atoms with E-state index in [-0.39, 0.29) is 11.9 Å². The number of rotatable bonds is 5. The minimum atomic E-state index is 0.0673. The number of methoxy groups -OCH3 is 1. The van der Waals surface area contributed by atoms with E-state index < -0.39 is 0 Å². The highest BCUT2D eigenvalue weighted by molar-refractivity contribution is 7.17. The lowest BCUT2D eigenvalue weighted by atomic mass is 10.0. The topological polar surface area (TPSA) is 54.5 Å². The number of carbonyl (C=O) groups is 1. The summed E-state index contributed by atoms with van der Waals surface area (Å²) in [5.41, 5.74) is 1.88. The van der Waals surface area contributed by atoms with E-state index in [1.807, 2.05) is 36.9 Å². The van der Waals surface area contributed by atoms with Crippen molar-refractivity contribution in [3.05, 3.63) is 40.4 Å². The molecular weight excluding hydrogens is 322 g/mol. The molecule has 1 fully saturated rings. The average Bonchev–Trinajstić information content (AvgIpc) is 3.21. The van der Waals surface area contributed by atoms with Crippen molar-refractivity contribution in [3.8, 4) is 5.75 Å². The first-order chi connectivity index (χ1) is 11.7. The number of nitrogens with one attached hydrogen (secondary N) is 1. The average molecular weight is 345 g/mol. The van der Waals surface area contributed by atoms with E-state index in [2.05, 4.69) is 16.4 Å². The van der Waals surface area contributed by atoms with Gasteiger partial charge < -0.3 is 15.0 Å². The number of nitrogens with zero attached hydrogens (tertiary/aromatic N) is 2. The Kier molecular flexibility index (Phi) is 5.04. The summed E-state index contributed by atoms with van der Waals surface area (Å²) < 4.78 is 5.49. The molecule has 6 heteroatoms. The minimum absolute atomic E-state index is 0.0673. The third-order valence-electron chi connectivity index (χ3n) is 4.33. The monoisotopic (exact) mass is 345 g/mol. The lowest BCUT2D eigenvalue weighted by Crippen LogP contribution is -2.30. The lowest BCUT2D eigenvalue weighted by Gasteiger charge is -2.26. The maximum Gasteiger partial charge on any atom is 0.266 e. The van der Waals surface area contributed by atoms with Crippen LogP contribution in [-0.2, 0) is 0 Å². The van der Waals surface area contributed by atoms with Gasteiger partial charge in [-0.2, -0.15) is 0 Å². The molecule has 1 aliphatic heterocycles. The fourth-order valence-electron chi connectivity index (χ4n) is 3.23. The number of aryl methyl sites for hydroxylation is 1. The molecule has 128 valence electrons. The van der Waals surface area contributed by atoms with Crippen molar-refractivity contribution < 1.29 is 9.53 Å². The molecule has 1 aromatic carbocycles. The van der Waals surface area contributed by atoms with E-state index in [0.717, 1.165) is 52.9 Å². The van der Waals surface area contributed by atoms with Crippen molar-refractivity contribution in [1.82, 2.24) is 9.88 Å². The standard InChI is InChI=1S/C18H23N3O2S/c1-4-19-18-20-12(2)16(24-18)17(22)21-11-7-9-14(21)13-8-5-6-10-15(13)23-3/h5-6,8,10,14H,4,7,9,11H2,1-3H3,(H,19,20)/t14-/m1/s1. The molecule has 1 saturated heterocycles. The zero-order valence-corrected chi connectivity index (χ0v) is 15.2. The van der Waals surface area contributed by atoms with Crippen LogP contribution in [0.2, 0.25) is 0 Å². The Morgan fingerprint density at radius 3 is 3.00 bits per heavy atom. The summed E-state index contributed by atoms with van der Waals surface area (Å²) in [5, 5.41) is 4.00. The molecule has 1 amide bonds. The fourth-order valence-corrected chi connectivity index (χ4v) is 4.22. The molecule has 0 spiro atoms. The maximum absolute atomic E-state index is 13.1. The first-order valence-corrected chi connectivity index (χ1v) is 9.12. The molecule has 0 radical (unpaired) electrons. The first kappa shape index (κ1) is 16.8. The number of benzene rings is 1. The maximum atomic E-state index is 13.1. The number of anilines is 1. The number of para-hydroxylation sites is 1. The van der Waals surface area contributed by atoms with Crippen molar-refractivity contribution in [2.24, 2.45) is 0 Å². The van der Waals surface area contributed by atoms with Gasteiger partial charge in [0, 0.05) is 18.7 Å². The largest absolute Gasteiger partial charge is 0.496 e. The summed E-state index contributed by atoms with van der Waals surface area (Å²) in [6.07, 6.45) is 1.97. The molecule has 3 rings (SSSR count). The quantitative estimate of drug-likeness (QED) is 0.894. The van der Waals surface area contributed by atoms with Crippen molar-refractivity contribution in [3.63, 3.8) is 0 Å². The number of aromatic nitrogens is 1. The number of amides is 1. The summed E-state index contributed by atoms with van der Waals surface area (Å²) in [6, 6.07) is 8.04. The Bertz CT molecular complexity index is 729. The van der Waals surface area contributed by atoms with E-state index >= 15 is 0 Å². The van der Waals surface area contributed by atoms with Crippen LogP contribution in [0.3, 0.4) is 0 Å². The molecule has 0 aliphatic carbocycles. The zero-order chi connectivity index (χ0) is 17.1. The molecule has 5 nitrogen and oxygen atoms in total. The van der Waals surface area contributed by atoms with Gasteiger partial charge >= 0.3 is 0 Å². The molecule has 1 aromatic heterocycles. The highest BCUT2D eigenvalue weighted by Gasteiger charge is 2.33. The molecule has 24 heavy (non-hydrogen) atoms. The van der Waals surface area contributed by atoms with Crippen LogP contribution in [0.1, 0.15) is 46.7 Å². The summed E-state index contributed by atoms with van der Waals surface area (Å²) >= 11 is 1.44. The zero-order valence-electron chi connectivity index (χ0n) is 14.3. The predicted molar refractivity (Wildman–Crippen MR) is 97.0 cm³/mol. The molecule has 2 heterocycles. The third kappa shape index (κ3) is 3.11. The van der Waals surface area contributed by atoms with E-state index in [0.29, 0.717) is 0 Å². The molecule has 1 atom stereocenters. The van der Waals surface area contributed by atoms with E-state index in [1.165, 1.54) is 11.3 Å². The van der Waals surface area contributed by atoms with Gasteiger partial charge in [0.15, 0.2) is 5.13 Å². The molecule has 2 aromatic rings. The normalized spacial score (nSPS) is 17.1. The van der Waals surface area contributed by atoms with Crippen molar-refractivity contribution in [2.45, 2.75) is 32.7 Å². The van der Waals surface area contributed by atoms with Crippen LogP contribution in [0.15, 0.2) is 24.3 Å². The summed E-state index contributed by atoms with van der Waals surface area (Å²) in [4.78, 5) is 20.3. The Hall–Kier alpha value is -2.08. The molecule has 1 aliphatic rings. The van der Waals surface area contributed by atoms with Gasteiger partial charge in [-0.05, 0) is 32.8 Å². The van der Waals surface area contributed by atoms with E-state index in [9.17, 15) is 4.79 Å². The van der Waals surface area contributed by atoms with Crippen LogP contribution in [0, 0.1) is 6.92 Å². The van der Waals surface area contributed by atoms with E-state index in [4.69, 9.17) is 4.74 Å². The summed E-state index contributed by atoms with van der Waals surface area (Å²) in [6.45, 7) is 5.50. The van der Waals surface area contributed by atoms with Crippen molar-refractivity contribution in [1.29, 1.82) is 0 Å². The Balaban J connectivity index is 1.89. The van der Waals surface area contributed by atoms with Gasteiger partial charge in [-0.25, -0.2) is 4.98 Å². The SMILES string of the molecule is CCNc1nc(C)c(C(=O)N2CCC[C@@H]2c2ccccc2OC)s1. The van der Waals surface area contributed by atoms with Gasteiger partial charge in [0.25, 0.3) is 5.91 Å². The van der Waals surface area contributed by atoms with Gasteiger partial charge in [-0.3, -0.25) is 4.79 Å². The fraction of sp³-hybridized carbons (Fsp3) is 0.444. The summed E-state index contributed by atoms with van der Waals surface area (Å²) in [5.74, 6) is 0.916. The number of hydrogen-bond acceptors (Lipinski definition) is 5. The summed E-state index contributed by atoms with van der Waals surface area (Å²) in [7, 11) is 1.68. The lowest BCUT2D eigenvalue weighted by molar-refractivity contribution is 0.0738. The number of thiazole rings is 1. The molecule has 1 N–H and O–H groups in total. The van der Waals surface area contributed by atoms with Gasteiger partial charge in [-0.1, -0.05) is 29.5 Å².